The molecule has 2 rings (SSSR count). The summed E-state index contributed by atoms with van der Waals surface area (Å²) >= 11 is 17.0. The second kappa shape index (κ2) is 5.78. The Bertz CT molecular complexity index is 674. The van der Waals surface area contributed by atoms with Crippen LogP contribution in [0.5, 0.6) is 0 Å². The molecule has 20 heavy (non-hydrogen) atoms. The van der Waals surface area contributed by atoms with E-state index in [1.807, 2.05) is 0 Å². The molecule has 1 aromatic carbocycles. The molecule has 0 saturated heterocycles. The molecule has 0 spiro atoms. The zero-order valence-electron chi connectivity index (χ0n) is 9.53. The Labute approximate surface area is 127 Å². The van der Waals surface area contributed by atoms with Crippen molar-refractivity contribution < 1.29 is 9.31 Å². The van der Waals surface area contributed by atoms with Gasteiger partial charge in [0.05, 0.1) is 27.1 Å². The third kappa shape index (κ3) is 3.27. The molecular weight excluding hydrogens is 331 g/mol. The van der Waals surface area contributed by atoms with Gasteiger partial charge in [-0.15, -0.1) is 0 Å². The lowest BCUT2D eigenvalue weighted by Crippen LogP contribution is -1.97. The highest BCUT2D eigenvalue weighted by atomic mass is 35.5. The predicted octanol–water partition coefficient (Wildman–Crippen LogP) is 4.83. The molecule has 1 N–H and O–H groups in total. The molecule has 2 aromatic rings. The summed E-state index contributed by atoms with van der Waals surface area (Å²) in [5.74, 6) is -0.633. The first-order chi connectivity index (χ1) is 9.36. The normalized spacial score (nSPS) is 10.4. The van der Waals surface area contributed by atoms with E-state index < -0.39 is 10.7 Å². The number of pyridine rings is 1. The van der Waals surface area contributed by atoms with Gasteiger partial charge in [0, 0.05) is 5.69 Å². The van der Waals surface area contributed by atoms with Crippen molar-refractivity contribution in [1.29, 1.82) is 0 Å². The monoisotopic (exact) mass is 335 g/mol. The van der Waals surface area contributed by atoms with Gasteiger partial charge in [-0.25, -0.2) is 9.37 Å². The van der Waals surface area contributed by atoms with Crippen LogP contribution in [0.3, 0.4) is 0 Å². The fourth-order valence-electron chi connectivity index (χ4n) is 1.43. The van der Waals surface area contributed by atoms with Crippen LogP contribution in [0, 0.1) is 15.9 Å². The molecule has 0 aliphatic rings. The van der Waals surface area contributed by atoms with Gasteiger partial charge in [0.15, 0.2) is 5.82 Å². The minimum absolute atomic E-state index is 0.0546. The van der Waals surface area contributed by atoms with Gasteiger partial charge in [0.2, 0.25) is 0 Å². The molecular formula is C11H5Cl3FN3O2. The highest BCUT2D eigenvalue weighted by molar-refractivity contribution is 6.35. The number of benzene rings is 1. The summed E-state index contributed by atoms with van der Waals surface area (Å²) in [6.07, 6.45) is 0. The van der Waals surface area contributed by atoms with E-state index in [4.69, 9.17) is 34.8 Å². The predicted molar refractivity (Wildman–Crippen MR) is 75.6 cm³/mol. The van der Waals surface area contributed by atoms with Crippen molar-refractivity contribution in [3.8, 4) is 0 Å². The average molecular weight is 337 g/mol. The summed E-state index contributed by atoms with van der Waals surface area (Å²) in [6, 6.07) is 4.84. The first-order valence-electron chi connectivity index (χ1n) is 5.10. The maximum atomic E-state index is 13.3. The van der Waals surface area contributed by atoms with Crippen molar-refractivity contribution in [2.24, 2.45) is 0 Å². The molecule has 0 radical (unpaired) electrons. The fraction of sp³-hybridized carbons (Fsp3) is 0. The van der Waals surface area contributed by atoms with Crippen molar-refractivity contribution in [2.75, 3.05) is 5.32 Å². The topological polar surface area (TPSA) is 68.1 Å². The molecule has 0 fully saturated rings. The summed E-state index contributed by atoms with van der Waals surface area (Å²) in [4.78, 5) is 14.0. The van der Waals surface area contributed by atoms with Gasteiger partial charge in [-0.1, -0.05) is 34.8 Å². The van der Waals surface area contributed by atoms with Crippen molar-refractivity contribution in [1.82, 2.24) is 4.98 Å². The van der Waals surface area contributed by atoms with Crippen LogP contribution in [0.15, 0.2) is 24.3 Å². The van der Waals surface area contributed by atoms with Crippen molar-refractivity contribution in [2.45, 2.75) is 0 Å². The Morgan fingerprint density at radius 2 is 1.75 bits per heavy atom. The molecule has 104 valence electrons. The van der Waals surface area contributed by atoms with Gasteiger partial charge in [-0.2, -0.15) is 0 Å². The number of nitrogens with zero attached hydrogens (tertiary/aromatic N) is 2. The van der Waals surface area contributed by atoms with Gasteiger partial charge in [-0.05, 0) is 12.1 Å². The van der Waals surface area contributed by atoms with E-state index >= 15 is 0 Å². The van der Waals surface area contributed by atoms with E-state index in [1.165, 1.54) is 18.2 Å². The summed E-state index contributed by atoms with van der Waals surface area (Å²) in [6.45, 7) is 0. The number of hydrogen-bond donors (Lipinski definition) is 1. The number of rotatable bonds is 3. The van der Waals surface area contributed by atoms with Crippen LogP contribution in [0.25, 0.3) is 0 Å². The second-order valence-electron chi connectivity index (χ2n) is 3.67. The van der Waals surface area contributed by atoms with Crippen LogP contribution in [-0.2, 0) is 0 Å². The molecule has 0 saturated carbocycles. The number of aromatic nitrogens is 1. The maximum Gasteiger partial charge on any atom is 0.276 e. The number of hydrogen-bond acceptors (Lipinski definition) is 4. The third-order valence-corrected chi connectivity index (χ3v) is 2.99. The van der Waals surface area contributed by atoms with Crippen molar-refractivity contribution in [3.05, 3.63) is 55.4 Å². The molecule has 5 nitrogen and oxygen atoms in total. The standard InChI is InChI=1S/C11H5Cl3FN3O2/c12-7-1-5(2-8(13)11(7)15)16-10-4-6(18(19)20)3-9(14)17-10/h1-4H,(H,16,17). The van der Waals surface area contributed by atoms with Gasteiger partial charge < -0.3 is 5.32 Å². The van der Waals surface area contributed by atoms with Crippen LogP contribution < -0.4 is 5.32 Å². The van der Waals surface area contributed by atoms with Crippen molar-refractivity contribution >= 4 is 52.0 Å². The summed E-state index contributed by atoms with van der Waals surface area (Å²) in [7, 11) is 0. The molecule has 0 amide bonds. The van der Waals surface area contributed by atoms with Gasteiger partial charge >= 0.3 is 0 Å². The SMILES string of the molecule is O=[N+]([O-])c1cc(Cl)nc(Nc2cc(Cl)c(F)c(Cl)c2)c1. The van der Waals surface area contributed by atoms with Gasteiger partial charge in [-0.3, -0.25) is 10.1 Å². The van der Waals surface area contributed by atoms with Crippen LogP contribution in [0.1, 0.15) is 0 Å². The zero-order chi connectivity index (χ0) is 14.9. The molecule has 0 unspecified atom stereocenters. The lowest BCUT2D eigenvalue weighted by Gasteiger charge is -2.08. The summed E-state index contributed by atoms with van der Waals surface area (Å²) < 4.78 is 13.3. The minimum Gasteiger partial charge on any atom is -0.340 e. The molecule has 0 bridgehead atoms. The Morgan fingerprint density at radius 3 is 2.30 bits per heavy atom. The van der Waals surface area contributed by atoms with E-state index in [-0.39, 0.29) is 26.7 Å². The Hall–Kier alpha value is -1.63. The second-order valence-corrected chi connectivity index (χ2v) is 4.87. The number of anilines is 2. The first kappa shape index (κ1) is 14.8. The van der Waals surface area contributed by atoms with Gasteiger partial charge in [0.25, 0.3) is 5.69 Å². The zero-order valence-corrected chi connectivity index (χ0v) is 11.8. The van der Waals surface area contributed by atoms with E-state index in [1.54, 1.807) is 0 Å². The van der Waals surface area contributed by atoms with Crippen molar-refractivity contribution in [3.63, 3.8) is 0 Å². The smallest absolute Gasteiger partial charge is 0.276 e. The fourth-order valence-corrected chi connectivity index (χ4v) is 2.12. The molecule has 0 atom stereocenters. The van der Waals surface area contributed by atoms with E-state index in [2.05, 4.69) is 10.3 Å². The lowest BCUT2D eigenvalue weighted by atomic mass is 10.3. The van der Waals surface area contributed by atoms with Crippen LogP contribution in [0.2, 0.25) is 15.2 Å². The average Bonchev–Trinajstić information content (AvgIpc) is 2.35. The summed E-state index contributed by atoms with van der Waals surface area (Å²) in [5.41, 5.74) is 0.0947. The number of nitro groups is 1. The van der Waals surface area contributed by atoms with E-state index in [9.17, 15) is 14.5 Å². The highest BCUT2D eigenvalue weighted by Gasteiger charge is 2.12. The summed E-state index contributed by atoms with van der Waals surface area (Å²) in [5, 5.41) is 13.0. The maximum absolute atomic E-state index is 13.3. The van der Waals surface area contributed by atoms with E-state index in [0.29, 0.717) is 5.69 Å². The van der Waals surface area contributed by atoms with Gasteiger partial charge in [0.1, 0.15) is 11.0 Å². The van der Waals surface area contributed by atoms with Crippen LogP contribution >= 0.6 is 34.8 Å². The quantitative estimate of drug-likeness (QED) is 0.377. The molecule has 1 aromatic heterocycles. The number of halogens is 4. The van der Waals surface area contributed by atoms with Crippen LogP contribution in [0.4, 0.5) is 21.6 Å². The highest BCUT2D eigenvalue weighted by Crippen LogP contribution is 2.30. The van der Waals surface area contributed by atoms with Crippen LogP contribution in [-0.4, -0.2) is 9.91 Å². The first-order valence-corrected chi connectivity index (χ1v) is 6.24. The molecule has 0 aliphatic carbocycles. The Balaban J connectivity index is 2.37. The molecule has 9 heteroatoms. The Morgan fingerprint density at radius 1 is 1.15 bits per heavy atom. The Kier molecular flexibility index (Phi) is 4.27. The molecule has 0 aliphatic heterocycles. The largest absolute Gasteiger partial charge is 0.340 e. The minimum atomic E-state index is -0.746. The molecule has 1 heterocycles. The third-order valence-electron chi connectivity index (χ3n) is 2.25. The lowest BCUT2D eigenvalue weighted by molar-refractivity contribution is -0.384. The number of nitrogens with one attached hydrogen (secondary N) is 1. The van der Waals surface area contributed by atoms with E-state index in [0.717, 1.165) is 6.07 Å².